The van der Waals surface area contributed by atoms with E-state index >= 15 is 0 Å². The fraction of sp³-hybridized carbons (Fsp3) is 0.292. The lowest BCUT2D eigenvalue weighted by molar-refractivity contribution is -0.136. The number of fused-ring (bicyclic) bond motifs is 1. The minimum atomic E-state index is -1.16. The number of halogens is 2. The average Bonchev–Trinajstić information content (AvgIpc) is 3.08. The van der Waals surface area contributed by atoms with Crippen molar-refractivity contribution < 1.29 is 19.1 Å². The van der Waals surface area contributed by atoms with Crippen molar-refractivity contribution in [1.29, 1.82) is 0 Å². The summed E-state index contributed by atoms with van der Waals surface area (Å²) in [6.45, 7) is 5.38. The number of hydrogen-bond donors (Lipinski definition) is 1. The zero-order chi connectivity index (χ0) is 23.9. The Bertz CT molecular complexity index is 1240. The third kappa shape index (κ3) is 4.37. The quantitative estimate of drug-likeness (QED) is 0.546. The van der Waals surface area contributed by atoms with Crippen molar-refractivity contribution in [2.24, 2.45) is 0 Å². The molecular weight excluding hydrogens is 465 g/mol. The van der Waals surface area contributed by atoms with Gasteiger partial charge in [0.05, 0.1) is 27.4 Å². The molecule has 2 heterocycles. The van der Waals surface area contributed by atoms with E-state index in [-0.39, 0.29) is 5.75 Å². The van der Waals surface area contributed by atoms with E-state index in [0.29, 0.717) is 33.3 Å². The van der Waals surface area contributed by atoms with E-state index < -0.39 is 34.9 Å². The van der Waals surface area contributed by atoms with Gasteiger partial charge in [0.1, 0.15) is 18.2 Å². The van der Waals surface area contributed by atoms with E-state index in [0.717, 1.165) is 0 Å². The van der Waals surface area contributed by atoms with Gasteiger partial charge in [0.2, 0.25) is 5.91 Å². The highest BCUT2D eigenvalue weighted by Crippen LogP contribution is 2.49. The summed E-state index contributed by atoms with van der Waals surface area (Å²) < 4.78 is 16.5. The predicted molar refractivity (Wildman–Crippen MR) is 128 cm³/mol. The molecule has 1 atom stereocenters. The third-order valence-electron chi connectivity index (χ3n) is 5.36. The van der Waals surface area contributed by atoms with E-state index in [1.807, 2.05) is 20.8 Å². The molecule has 172 valence electrons. The molecule has 1 amide bonds. The van der Waals surface area contributed by atoms with Crippen LogP contribution in [0.1, 0.15) is 42.8 Å². The van der Waals surface area contributed by atoms with Crippen LogP contribution in [0.3, 0.4) is 0 Å². The largest absolute Gasteiger partial charge is 0.480 e. The third-order valence-corrected chi connectivity index (χ3v) is 6.92. The van der Waals surface area contributed by atoms with Crippen LogP contribution in [-0.2, 0) is 15.0 Å². The van der Waals surface area contributed by atoms with Gasteiger partial charge in [-0.2, -0.15) is 5.10 Å². The fourth-order valence-electron chi connectivity index (χ4n) is 3.93. The number of benzene rings is 2. The second-order valence-electron chi connectivity index (χ2n) is 8.79. The molecule has 0 bridgehead atoms. The molecule has 0 radical (unpaired) electrons. The van der Waals surface area contributed by atoms with Gasteiger partial charge in [0.15, 0.2) is 0 Å². The lowest BCUT2D eigenvalue weighted by Crippen LogP contribution is -2.38. The van der Waals surface area contributed by atoms with Crippen LogP contribution in [0.15, 0.2) is 48.5 Å². The minimum Gasteiger partial charge on any atom is -0.480 e. The smallest absolute Gasteiger partial charge is 0.323 e. The summed E-state index contributed by atoms with van der Waals surface area (Å²) in [7, 11) is 0. The van der Waals surface area contributed by atoms with Gasteiger partial charge in [-0.1, -0.05) is 62.7 Å². The van der Waals surface area contributed by atoms with Crippen LogP contribution in [0, 0.1) is 5.82 Å². The molecule has 0 spiro atoms. The molecule has 1 unspecified atom stereocenters. The van der Waals surface area contributed by atoms with Crippen LogP contribution < -0.4 is 4.90 Å². The number of carboxylic acid groups (broad SMARTS) is 1. The summed E-state index contributed by atoms with van der Waals surface area (Å²) in [4.78, 5) is 26.1. The number of amides is 1. The van der Waals surface area contributed by atoms with Crippen molar-refractivity contribution in [3.63, 3.8) is 0 Å². The number of aliphatic carboxylic acids is 1. The van der Waals surface area contributed by atoms with Gasteiger partial charge >= 0.3 is 5.97 Å². The van der Waals surface area contributed by atoms with Crippen molar-refractivity contribution >= 4 is 41.1 Å². The minimum absolute atomic E-state index is 0.00688. The highest BCUT2D eigenvalue weighted by Gasteiger charge is 2.40. The molecular formula is C24H23ClFN3O3S. The number of carbonyl (C=O) groups excluding carboxylic acids is 1. The van der Waals surface area contributed by atoms with Crippen LogP contribution in [0.4, 0.5) is 10.2 Å². The second kappa shape index (κ2) is 8.83. The molecule has 1 aliphatic rings. The highest BCUT2D eigenvalue weighted by atomic mass is 35.5. The molecule has 0 saturated heterocycles. The van der Waals surface area contributed by atoms with E-state index in [1.165, 1.54) is 27.4 Å². The van der Waals surface area contributed by atoms with Gasteiger partial charge in [0, 0.05) is 16.5 Å². The molecule has 4 rings (SSSR count). The van der Waals surface area contributed by atoms with Gasteiger partial charge < -0.3 is 5.11 Å². The van der Waals surface area contributed by atoms with Crippen molar-refractivity contribution in [3.05, 3.63) is 76.2 Å². The number of thioether (sulfide) groups is 1. The van der Waals surface area contributed by atoms with Crippen LogP contribution in [0.5, 0.6) is 0 Å². The van der Waals surface area contributed by atoms with E-state index in [2.05, 4.69) is 0 Å². The lowest BCUT2D eigenvalue weighted by atomic mass is 9.87. The van der Waals surface area contributed by atoms with Crippen LogP contribution in [0.25, 0.3) is 5.69 Å². The van der Waals surface area contributed by atoms with Crippen LogP contribution in [0.2, 0.25) is 5.02 Å². The molecule has 9 heteroatoms. The number of carbonyl (C=O) groups is 2. The molecule has 1 aliphatic heterocycles. The lowest BCUT2D eigenvalue weighted by Gasteiger charge is -2.24. The van der Waals surface area contributed by atoms with Gasteiger partial charge in [-0.05, 0) is 18.2 Å². The number of hydrogen-bond acceptors (Lipinski definition) is 4. The van der Waals surface area contributed by atoms with Crippen molar-refractivity contribution in [2.45, 2.75) is 31.4 Å². The molecule has 0 aliphatic carbocycles. The molecule has 2 aromatic carbocycles. The number of anilines is 1. The first kappa shape index (κ1) is 23.3. The van der Waals surface area contributed by atoms with Gasteiger partial charge in [0.25, 0.3) is 0 Å². The molecule has 3 aromatic rings. The predicted octanol–water partition coefficient (Wildman–Crippen LogP) is 5.22. The molecule has 1 aromatic heterocycles. The second-order valence-corrected chi connectivity index (χ2v) is 10.3. The highest BCUT2D eigenvalue weighted by molar-refractivity contribution is 8.00. The summed E-state index contributed by atoms with van der Waals surface area (Å²) >= 11 is 7.75. The standard InChI is InChI=1S/C24H23ClFN3O3S/c1-24(2,3)22-20-21(14-8-4-6-10-16(14)26)33-13-18(30)28(12-19(31)32)23(20)29(27-22)17-11-7-5-9-15(17)25/h4-11,21H,12-13H2,1-3H3,(H,31,32). The Hall–Kier alpha value is -2.84. The molecule has 0 saturated carbocycles. The summed E-state index contributed by atoms with van der Waals surface area (Å²) in [5.41, 5.74) is 1.70. The Kier molecular flexibility index (Phi) is 6.24. The maximum atomic E-state index is 15.0. The van der Waals surface area contributed by atoms with Gasteiger partial charge in [-0.15, -0.1) is 11.8 Å². The Labute approximate surface area is 200 Å². The normalized spacial score (nSPS) is 16.5. The van der Waals surface area contributed by atoms with Crippen LogP contribution >= 0.6 is 23.4 Å². The maximum Gasteiger partial charge on any atom is 0.323 e. The number of nitrogens with zero attached hydrogens (tertiary/aromatic N) is 3. The van der Waals surface area contributed by atoms with E-state index in [9.17, 15) is 19.1 Å². The van der Waals surface area contributed by atoms with Gasteiger partial charge in [-0.25, -0.2) is 9.07 Å². The number of aromatic nitrogens is 2. The number of para-hydroxylation sites is 1. The average molecular weight is 488 g/mol. The summed E-state index contributed by atoms with van der Waals surface area (Å²) in [6, 6.07) is 13.4. The van der Waals surface area contributed by atoms with Crippen molar-refractivity contribution in [1.82, 2.24) is 9.78 Å². The summed E-state index contributed by atoms with van der Waals surface area (Å²) in [5.74, 6) is -1.65. The van der Waals surface area contributed by atoms with Crippen LogP contribution in [-0.4, -0.2) is 39.1 Å². The first-order valence-electron chi connectivity index (χ1n) is 10.4. The SMILES string of the molecule is CC(C)(C)c1nn(-c2ccccc2Cl)c2c1C(c1ccccc1F)SCC(=O)N2CC(=O)O. The zero-order valence-electron chi connectivity index (χ0n) is 18.4. The Balaban J connectivity index is 2.11. The fourth-order valence-corrected chi connectivity index (χ4v) is 5.37. The first-order valence-corrected chi connectivity index (χ1v) is 11.8. The first-order chi connectivity index (χ1) is 15.6. The molecule has 6 nitrogen and oxygen atoms in total. The Morgan fingerprint density at radius 2 is 1.88 bits per heavy atom. The van der Waals surface area contributed by atoms with Gasteiger partial charge in [-0.3, -0.25) is 14.5 Å². The zero-order valence-corrected chi connectivity index (χ0v) is 20.0. The number of carboxylic acids is 1. The molecule has 0 fully saturated rings. The molecule has 33 heavy (non-hydrogen) atoms. The topological polar surface area (TPSA) is 75.4 Å². The monoisotopic (exact) mass is 487 g/mol. The molecule has 1 N–H and O–H groups in total. The van der Waals surface area contributed by atoms with E-state index in [1.54, 1.807) is 42.5 Å². The number of rotatable bonds is 4. The summed E-state index contributed by atoms with van der Waals surface area (Å²) in [6.07, 6.45) is 0. The van der Waals surface area contributed by atoms with Crippen molar-refractivity contribution in [3.8, 4) is 5.69 Å². The van der Waals surface area contributed by atoms with Crippen molar-refractivity contribution in [2.75, 3.05) is 17.2 Å². The Morgan fingerprint density at radius 3 is 2.52 bits per heavy atom. The van der Waals surface area contributed by atoms with E-state index in [4.69, 9.17) is 16.7 Å². The maximum absolute atomic E-state index is 15.0. The summed E-state index contributed by atoms with van der Waals surface area (Å²) in [5, 5.41) is 14.3. The Morgan fingerprint density at radius 1 is 1.21 bits per heavy atom.